The Kier molecular flexibility index (Phi) is 4.71. The van der Waals surface area contributed by atoms with E-state index in [0.717, 1.165) is 36.8 Å². The van der Waals surface area contributed by atoms with Crippen molar-refractivity contribution in [2.75, 3.05) is 5.43 Å². The number of hydrogen-bond acceptors (Lipinski definition) is 5. The zero-order chi connectivity index (χ0) is 17.9. The van der Waals surface area contributed by atoms with Gasteiger partial charge < -0.3 is 0 Å². The number of aromatic nitrogens is 4. The first-order valence-electron chi connectivity index (χ1n) is 8.73. The van der Waals surface area contributed by atoms with Crippen molar-refractivity contribution < 1.29 is 4.79 Å². The van der Waals surface area contributed by atoms with E-state index in [9.17, 15) is 4.79 Å². The van der Waals surface area contributed by atoms with Crippen LogP contribution < -0.4 is 10.9 Å². The summed E-state index contributed by atoms with van der Waals surface area (Å²) >= 11 is 6.07. The molecule has 1 fully saturated rings. The van der Waals surface area contributed by atoms with E-state index in [2.05, 4.69) is 25.9 Å². The predicted molar refractivity (Wildman–Crippen MR) is 100 cm³/mol. The second-order valence-corrected chi connectivity index (χ2v) is 6.88. The fourth-order valence-corrected chi connectivity index (χ4v) is 3.51. The summed E-state index contributed by atoms with van der Waals surface area (Å²) < 4.78 is 1.69. The smallest absolute Gasteiger partial charge is 0.241 e. The van der Waals surface area contributed by atoms with Gasteiger partial charge in [0.25, 0.3) is 0 Å². The molecule has 4 rings (SSSR count). The maximum absolute atomic E-state index is 12.3. The molecular weight excluding hydrogens is 352 g/mol. The molecule has 1 aliphatic carbocycles. The van der Waals surface area contributed by atoms with Gasteiger partial charge in [0.2, 0.25) is 5.91 Å². The highest BCUT2D eigenvalue weighted by Crippen LogP contribution is 2.25. The Morgan fingerprint density at radius 3 is 2.85 bits per heavy atom. The molecule has 1 saturated carbocycles. The summed E-state index contributed by atoms with van der Waals surface area (Å²) in [5, 5.41) is 5.73. The standard InChI is InChI=1S/C18H19ClN6O/c19-13-7-4-8-14(9-13)25-17-15(10-22-25)16(20-11-21-17)23-24-18(26)12-5-2-1-3-6-12/h4,7-12H,1-3,5-6H2,(H,24,26)(H,20,21,23). The molecule has 2 aromatic heterocycles. The number of halogens is 1. The molecule has 0 radical (unpaired) electrons. The van der Waals surface area contributed by atoms with Gasteiger partial charge in [0.15, 0.2) is 11.5 Å². The van der Waals surface area contributed by atoms with E-state index >= 15 is 0 Å². The molecule has 3 aromatic rings. The molecule has 134 valence electrons. The Balaban J connectivity index is 1.56. The highest BCUT2D eigenvalue weighted by atomic mass is 35.5. The van der Waals surface area contributed by atoms with E-state index in [1.54, 1.807) is 16.9 Å². The quantitative estimate of drug-likeness (QED) is 0.687. The molecule has 7 nitrogen and oxygen atoms in total. The van der Waals surface area contributed by atoms with Crippen molar-refractivity contribution in [3.05, 3.63) is 41.8 Å². The zero-order valence-corrected chi connectivity index (χ0v) is 14.9. The van der Waals surface area contributed by atoms with Crippen LogP contribution in [0.5, 0.6) is 0 Å². The Morgan fingerprint density at radius 2 is 2.04 bits per heavy atom. The van der Waals surface area contributed by atoms with Gasteiger partial charge >= 0.3 is 0 Å². The van der Waals surface area contributed by atoms with Crippen LogP contribution in [0.25, 0.3) is 16.7 Å². The molecule has 0 atom stereocenters. The summed E-state index contributed by atoms with van der Waals surface area (Å²) in [7, 11) is 0. The first-order chi connectivity index (χ1) is 12.7. The number of anilines is 1. The van der Waals surface area contributed by atoms with Crippen molar-refractivity contribution in [2.24, 2.45) is 5.92 Å². The Bertz CT molecular complexity index is 934. The molecule has 2 N–H and O–H groups in total. The lowest BCUT2D eigenvalue weighted by molar-refractivity contribution is -0.125. The predicted octanol–water partition coefficient (Wildman–Crippen LogP) is 3.49. The maximum Gasteiger partial charge on any atom is 0.241 e. The highest BCUT2D eigenvalue weighted by molar-refractivity contribution is 6.30. The SMILES string of the molecule is O=C(NNc1ncnc2c1cnn2-c1cccc(Cl)c1)C1CCCCC1. The molecule has 26 heavy (non-hydrogen) atoms. The number of fused-ring (bicyclic) bond motifs is 1. The number of nitrogens with zero attached hydrogens (tertiary/aromatic N) is 4. The number of carbonyl (C=O) groups is 1. The molecule has 1 aromatic carbocycles. The van der Waals surface area contributed by atoms with Gasteiger partial charge in [0, 0.05) is 10.9 Å². The summed E-state index contributed by atoms with van der Waals surface area (Å²) in [6.45, 7) is 0. The van der Waals surface area contributed by atoms with Gasteiger partial charge in [-0.1, -0.05) is 36.9 Å². The lowest BCUT2D eigenvalue weighted by atomic mass is 9.89. The number of amides is 1. The normalized spacial score (nSPS) is 15.1. The lowest BCUT2D eigenvalue weighted by Gasteiger charge is -2.21. The van der Waals surface area contributed by atoms with Gasteiger partial charge in [-0.15, -0.1) is 0 Å². The number of rotatable bonds is 4. The van der Waals surface area contributed by atoms with E-state index in [4.69, 9.17) is 11.6 Å². The number of hydrazine groups is 1. The second kappa shape index (κ2) is 7.29. The first kappa shape index (κ1) is 16.8. The van der Waals surface area contributed by atoms with E-state index in [1.807, 2.05) is 18.2 Å². The van der Waals surface area contributed by atoms with E-state index < -0.39 is 0 Å². The van der Waals surface area contributed by atoms with Crippen LogP contribution in [0.3, 0.4) is 0 Å². The third-order valence-corrected chi connectivity index (χ3v) is 4.93. The highest BCUT2D eigenvalue weighted by Gasteiger charge is 2.21. The van der Waals surface area contributed by atoms with Crippen LogP contribution in [0.4, 0.5) is 5.82 Å². The molecule has 0 bridgehead atoms. The van der Waals surface area contributed by atoms with Gasteiger partial charge in [-0.2, -0.15) is 5.10 Å². The van der Waals surface area contributed by atoms with Gasteiger partial charge in [-0.25, -0.2) is 14.6 Å². The van der Waals surface area contributed by atoms with Crippen molar-refractivity contribution >= 4 is 34.4 Å². The molecule has 1 aliphatic rings. The van der Waals surface area contributed by atoms with Crippen molar-refractivity contribution in [2.45, 2.75) is 32.1 Å². The lowest BCUT2D eigenvalue weighted by Crippen LogP contribution is -2.36. The number of nitrogens with one attached hydrogen (secondary N) is 2. The Hall–Kier alpha value is -2.67. The number of hydrogen-bond donors (Lipinski definition) is 2. The van der Waals surface area contributed by atoms with Crippen molar-refractivity contribution in [1.29, 1.82) is 0 Å². The van der Waals surface area contributed by atoms with Crippen LogP contribution in [-0.4, -0.2) is 25.7 Å². The van der Waals surface area contributed by atoms with Crippen molar-refractivity contribution in [3.63, 3.8) is 0 Å². The monoisotopic (exact) mass is 370 g/mol. The first-order valence-corrected chi connectivity index (χ1v) is 9.11. The maximum atomic E-state index is 12.3. The van der Waals surface area contributed by atoms with E-state index in [-0.39, 0.29) is 11.8 Å². The molecule has 1 amide bonds. The van der Waals surface area contributed by atoms with Crippen molar-refractivity contribution in [3.8, 4) is 5.69 Å². The van der Waals surface area contributed by atoms with E-state index in [1.165, 1.54) is 12.7 Å². The molecule has 0 aliphatic heterocycles. The van der Waals surface area contributed by atoms with Crippen LogP contribution >= 0.6 is 11.6 Å². The average molecular weight is 371 g/mol. The second-order valence-electron chi connectivity index (χ2n) is 6.44. The van der Waals surface area contributed by atoms with Gasteiger partial charge in [0.1, 0.15) is 6.33 Å². The van der Waals surface area contributed by atoms with Crippen LogP contribution in [0.1, 0.15) is 32.1 Å². The summed E-state index contributed by atoms with van der Waals surface area (Å²) in [6, 6.07) is 7.38. The van der Waals surface area contributed by atoms with Crippen LogP contribution in [0, 0.1) is 5.92 Å². The van der Waals surface area contributed by atoms with Gasteiger partial charge in [-0.05, 0) is 31.0 Å². The van der Waals surface area contributed by atoms with Crippen molar-refractivity contribution in [1.82, 2.24) is 25.2 Å². The Labute approximate surface area is 155 Å². The summed E-state index contributed by atoms with van der Waals surface area (Å²) in [5.74, 6) is 0.605. The topological polar surface area (TPSA) is 84.7 Å². The molecular formula is C18H19ClN6O. The fraction of sp³-hybridized carbons (Fsp3) is 0.333. The minimum Gasteiger partial charge on any atom is -0.281 e. The number of benzene rings is 1. The molecule has 2 heterocycles. The van der Waals surface area contributed by atoms with Gasteiger partial charge in [-0.3, -0.25) is 15.6 Å². The van der Waals surface area contributed by atoms with Crippen LogP contribution in [-0.2, 0) is 4.79 Å². The molecule has 0 saturated heterocycles. The summed E-state index contributed by atoms with van der Waals surface area (Å²) in [6.07, 6.45) is 8.45. The third kappa shape index (κ3) is 3.35. The summed E-state index contributed by atoms with van der Waals surface area (Å²) in [5.41, 5.74) is 7.16. The van der Waals surface area contributed by atoms with Crippen LogP contribution in [0.15, 0.2) is 36.8 Å². The fourth-order valence-electron chi connectivity index (χ4n) is 3.33. The largest absolute Gasteiger partial charge is 0.281 e. The molecule has 0 unspecified atom stereocenters. The summed E-state index contributed by atoms with van der Waals surface area (Å²) in [4.78, 5) is 20.9. The minimum absolute atomic E-state index is 0.0127. The molecule has 0 spiro atoms. The average Bonchev–Trinajstić information content (AvgIpc) is 3.11. The minimum atomic E-state index is 0.0127. The molecule has 8 heteroatoms. The van der Waals surface area contributed by atoms with Gasteiger partial charge in [0.05, 0.1) is 17.3 Å². The zero-order valence-electron chi connectivity index (χ0n) is 14.2. The van der Waals surface area contributed by atoms with E-state index in [0.29, 0.717) is 16.5 Å². The van der Waals surface area contributed by atoms with Crippen LogP contribution in [0.2, 0.25) is 5.02 Å². The third-order valence-electron chi connectivity index (χ3n) is 4.70. The Morgan fingerprint density at radius 1 is 1.19 bits per heavy atom. The number of carbonyl (C=O) groups excluding carboxylic acids is 1.